The fraction of sp³-hybridized carbons (Fsp3) is 0.227. The zero-order valence-corrected chi connectivity index (χ0v) is 17.3. The van der Waals surface area contributed by atoms with E-state index in [9.17, 15) is 9.59 Å². The fourth-order valence-electron chi connectivity index (χ4n) is 2.64. The molecule has 0 fully saturated rings. The van der Waals surface area contributed by atoms with Gasteiger partial charge in [-0.25, -0.2) is 9.78 Å². The Morgan fingerprint density at radius 3 is 2.76 bits per heavy atom. The van der Waals surface area contributed by atoms with Gasteiger partial charge in [-0.05, 0) is 42.8 Å². The molecule has 7 heteroatoms. The Bertz CT molecular complexity index is 1010. The summed E-state index contributed by atoms with van der Waals surface area (Å²) in [6, 6.07) is 14.9. The highest BCUT2D eigenvalue weighted by Crippen LogP contribution is 2.28. The number of carbonyl (C=O) groups is 2. The third-order valence-corrected chi connectivity index (χ3v) is 5.69. The van der Waals surface area contributed by atoms with Gasteiger partial charge in [0, 0.05) is 13.1 Å². The maximum Gasteiger partial charge on any atom is 0.331 e. The number of rotatable bonds is 7. The molecule has 0 N–H and O–H groups in total. The molecule has 29 heavy (non-hydrogen) atoms. The third-order valence-electron chi connectivity index (χ3n) is 4.49. The lowest BCUT2D eigenvalue weighted by Gasteiger charge is -2.22. The second-order valence-corrected chi connectivity index (χ2v) is 7.48. The van der Waals surface area contributed by atoms with E-state index in [0.717, 1.165) is 20.8 Å². The Balaban J connectivity index is 1.54. The topological polar surface area (TPSA) is 68.7 Å². The van der Waals surface area contributed by atoms with Crippen molar-refractivity contribution in [1.29, 1.82) is 0 Å². The minimum atomic E-state index is -0.581. The minimum Gasteiger partial charge on any atom is -0.497 e. The van der Waals surface area contributed by atoms with Crippen molar-refractivity contribution in [2.45, 2.75) is 13.0 Å². The molecule has 1 amide bonds. The van der Waals surface area contributed by atoms with Crippen LogP contribution >= 0.6 is 11.3 Å². The van der Waals surface area contributed by atoms with Gasteiger partial charge in [-0.2, -0.15) is 0 Å². The molecule has 0 aliphatic heterocycles. The molecule has 0 bridgehead atoms. The predicted molar refractivity (Wildman–Crippen MR) is 114 cm³/mol. The summed E-state index contributed by atoms with van der Waals surface area (Å²) in [5.74, 6) is -0.178. The van der Waals surface area contributed by atoms with E-state index in [1.165, 1.54) is 11.0 Å². The zero-order chi connectivity index (χ0) is 20.8. The molecular weight excluding hydrogens is 388 g/mol. The molecule has 150 valence electrons. The van der Waals surface area contributed by atoms with E-state index in [0.29, 0.717) is 5.75 Å². The zero-order valence-electron chi connectivity index (χ0n) is 16.5. The van der Waals surface area contributed by atoms with E-state index >= 15 is 0 Å². The molecule has 2 aromatic carbocycles. The molecule has 1 aromatic heterocycles. The Morgan fingerprint density at radius 1 is 1.21 bits per heavy atom. The van der Waals surface area contributed by atoms with Gasteiger partial charge in [0.2, 0.25) is 0 Å². The number of methoxy groups -OCH3 is 1. The molecule has 0 aliphatic carbocycles. The van der Waals surface area contributed by atoms with Crippen LogP contribution < -0.4 is 4.74 Å². The first kappa shape index (κ1) is 20.5. The van der Waals surface area contributed by atoms with E-state index in [4.69, 9.17) is 9.47 Å². The first-order valence-electron chi connectivity index (χ1n) is 9.08. The smallest absolute Gasteiger partial charge is 0.331 e. The number of fused-ring (bicyclic) bond motifs is 1. The molecule has 6 nitrogen and oxygen atoms in total. The van der Waals surface area contributed by atoms with Crippen molar-refractivity contribution in [2.24, 2.45) is 0 Å². The summed E-state index contributed by atoms with van der Waals surface area (Å²) in [5.41, 5.74) is 1.71. The van der Waals surface area contributed by atoms with E-state index in [1.807, 2.05) is 49.4 Å². The number of hydrogen-bond acceptors (Lipinski definition) is 6. The van der Waals surface area contributed by atoms with Crippen LogP contribution in [0.4, 0.5) is 0 Å². The molecule has 0 spiro atoms. The lowest BCUT2D eigenvalue weighted by molar-refractivity contribution is -0.148. The van der Waals surface area contributed by atoms with Crippen LogP contribution in [-0.4, -0.2) is 42.5 Å². The van der Waals surface area contributed by atoms with Crippen molar-refractivity contribution in [3.63, 3.8) is 0 Å². The monoisotopic (exact) mass is 410 g/mol. The summed E-state index contributed by atoms with van der Waals surface area (Å²) in [4.78, 5) is 30.5. The summed E-state index contributed by atoms with van der Waals surface area (Å²) in [7, 11) is 3.26. The van der Waals surface area contributed by atoms with Gasteiger partial charge in [-0.3, -0.25) is 4.79 Å². The van der Waals surface area contributed by atoms with Gasteiger partial charge in [0.15, 0.2) is 6.61 Å². The minimum absolute atomic E-state index is 0.217. The Hall–Kier alpha value is -3.19. The first-order chi connectivity index (χ1) is 14.0. The maximum atomic E-state index is 12.4. The van der Waals surface area contributed by atoms with E-state index < -0.39 is 5.97 Å². The van der Waals surface area contributed by atoms with E-state index in [1.54, 1.807) is 37.6 Å². The third kappa shape index (κ3) is 5.20. The molecule has 0 aliphatic rings. The van der Waals surface area contributed by atoms with Crippen molar-refractivity contribution in [3.8, 4) is 5.75 Å². The van der Waals surface area contributed by atoms with Crippen molar-refractivity contribution in [1.82, 2.24) is 9.88 Å². The van der Waals surface area contributed by atoms with Gasteiger partial charge >= 0.3 is 5.97 Å². The Kier molecular flexibility index (Phi) is 6.61. The van der Waals surface area contributed by atoms with Crippen molar-refractivity contribution in [3.05, 3.63) is 65.2 Å². The number of thiazole rings is 1. The largest absolute Gasteiger partial charge is 0.497 e. The highest BCUT2D eigenvalue weighted by molar-refractivity contribution is 7.18. The molecule has 3 aromatic rings. The summed E-state index contributed by atoms with van der Waals surface area (Å²) >= 11 is 1.55. The molecule has 0 saturated heterocycles. The number of carbonyl (C=O) groups excluding carboxylic acids is 2. The Morgan fingerprint density at radius 2 is 2.00 bits per heavy atom. The van der Waals surface area contributed by atoms with Crippen LogP contribution in [0.25, 0.3) is 16.3 Å². The fourth-order valence-corrected chi connectivity index (χ4v) is 3.71. The van der Waals surface area contributed by atoms with E-state index in [-0.39, 0.29) is 18.6 Å². The number of ether oxygens (including phenoxy) is 2. The second-order valence-electron chi connectivity index (χ2n) is 6.42. The molecule has 0 saturated carbocycles. The summed E-state index contributed by atoms with van der Waals surface area (Å²) in [6.07, 6.45) is 2.90. The molecule has 3 rings (SSSR count). The van der Waals surface area contributed by atoms with Gasteiger partial charge in [0.25, 0.3) is 5.91 Å². The average Bonchev–Trinajstić information content (AvgIpc) is 3.19. The van der Waals surface area contributed by atoms with Gasteiger partial charge < -0.3 is 14.4 Å². The Labute approximate surface area is 173 Å². The number of nitrogens with zero attached hydrogens (tertiary/aromatic N) is 2. The normalized spacial score (nSPS) is 12.1. The van der Waals surface area contributed by atoms with Crippen LogP contribution in [0.2, 0.25) is 0 Å². The number of amides is 1. The molecular formula is C22H22N2O4S. The average molecular weight is 410 g/mol. The number of aromatic nitrogens is 1. The summed E-state index contributed by atoms with van der Waals surface area (Å²) in [5, 5.41) is 0.839. The van der Waals surface area contributed by atoms with Crippen LogP contribution in [0.5, 0.6) is 5.75 Å². The van der Waals surface area contributed by atoms with Crippen LogP contribution in [-0.2, 0) is 14.3 Å². The number of likely N-dealkylation sites (N-methyl/N-ethyl adjacent to an activating group) is 1. The maximum absolute atomic E-state index is 12.4. The number of esters is 1. The predicted octanol–water partition coefficient (Wildman–Crippen LogP) is 4.08. The van der Waals surface area contributed by atoms with Crippen molar-refractivity contribution < 1.29 is 19.1 Å². The quantitative estimate of drug-likeness (QED) is 0.434. The first-order valence-corrected chi connectivity index (χ1v) is 9.89. The summed E-state index contributed by atoms with van der Waals surface area (Å²) in [6.45, 7) is 1.58. The van der Waals surface area contributed by atoms with Crippen LogP contribution in [0.1, 0.15) is 23.5 Å². The van der Waals surface area contributed by atoms with Crippen molar-refractivity contribution >= 4 is 39.5 Å². The number of para-hydroxylation sites is 1. The summed E-state index contributed by atoms with van der Waals surface area (Å²) < 4.78 is 11.3. The molecule has 0 unspecified atom stereocenters. The number of benzene rings is 2. The van der Waals surface area contributed by atoms with Crippen molar-refractivity contribution in [2.75, 3.05) is 20.8 Å². The van der Waals surface area contributed by atoms with Crippen LogP contribution in [0, 0.1) is 0 Å². The van der Waals surface area contributed by atoms with E-state index in [2.05, 4.69) is 4.98 Å². The van der Waals surface area contributed by atoms with Gasteiger partial charge in [-0.1, -0.05) is 24.3 Å². The SMILES string of the molecule is COc1cccc(/C=C/C(=O)OCC(=O)N(C)[C@H](C)c2nc3ccccc3s2)c1. The van der Waals surface area contributed by atoms with Gasteiger partial charge in [0.1, 0.15) is 10.8 Å². The highest BCUT2D eigenvalue weighted by atomic mass is 32.1. The lowest BCUT2D eigenvalue weighted by Crippen LogP contribution is -2.33. The molecule has 1 heterocycles. The standard InChI is InChI=1S/C22H22N2O4S/c1-15(22-23-18-9-4-5-10-19(18)29-22)24(2)20(25)14-28-21(26)12-11-16-7-6-8-17(13-16)27-3/h4-13,15H,14H2,1-3H3/b12-11+/t15-/m1/s1. The lowest BCUT2D eigenvalue weighted by atomic mass is 10.2. The number of hydrogen-bond donors (Lipinski definition) is 0. The van der Waals surface area contributed by atoms with Gasteiger partial charge in [0.05, 0.1) is 23.4 Å². The molecule has 1 atom stereocenters. The highest BCUT2D eigenvalue weighted by Gasteiger charge is 2.21. The van der Waals surface area contributed by atoms with Gasteiger partial charge in [-0.15, -0.1) is 11.3 Å². The van der Waals surface area contributed by atoms with Crippen LogP contribution in [0.15, 0.2) is 54.6 Å². The van der Waals surface area contributed by atoms with Crippen LogP contribution in [0.3, 0.4) is 0 Å². The molecule has 0 radical (unpaired) electrons. The second kappa shape index (κ2) is 9.34.